The van der Waals surface area contributed by atoms with Gasteiger partial charge in [0.05, 0.1) is 34.4 Å². The average molecular weight is 759 g/mol. The van der Waals surface area contributed by atoms with Crippen LogP contribution in [0, 0.1) is 13.8 Å². The Morgan fingerprint density at radius 1 is 0.792 bits per heavy atom. The van der Waals surface area contributed by atoms with Crippen molar-refractivity contribution in [3.05, 3.63) is 102 Å². The lowest BCUT2D eigenvalue weighted by molar-refractivity contribution is -0.372. The first kappa shape index (κ1) is 37.5. The highest BCUT2D eigenvalue weighted by Crippen LogP contribution is 2.45. The monoisotopic (exact) mass is 758 g/mol. The first-order valence-electron chi connectivity index (χ1n) is 15.9. The fourth-order valence-corrected chi connectivity index (χ4v) is 7.05. The predicted molar refractivity (Wildman–Crippen MR) is 187 cm³/mol. The molecule has 0 amide bonds. The van der Waals surface area contributed by atoms with Crippen LogP contribution in [-0.2, 0) is 22.2 Å². The molecule has 0 radical (unpaired) electrons. The molecule has 3 aromatic heterocycles. The van der Waals surface area contributed by atoms with E-state index in [4.69, 9.17) is 0 Å². The summed E-state index contributed by atoms with van der Waals surface area (Å²) in [6.45, 7) is 4.77. The number of hydrogen-bond donors (Lipinski definition) is 4. The Bertz CT molecular complexity index is 2440. The molecule has 0 aliphatic carbocycles. The highest BCUT2D eigenvalue weighted by Gasteiger charge is 2.70. The zero-order valence-electron chi connectivity index (χ0n) is 28.5. The molecule has 0 saturated heterocycles. The number of benzene rings is 3. The van der Waals surface area contributed by atoms with Gasteiger partial charge in [-0.1, -0.05) is 12.1 Å². The van der Waals surface area contributed by atoms with Crippen molar-refractivity contribution in [2.24, 2.45) is 0 Å². The molecule has 0 saturated carbocycles. The van der Waals surface area contributed by atoms with Crippen molar-refractivity contribution in [3.8, 4) is 11.3 Å². The van der Waals surface area contributed by atoms with Gasteiger partial charge in [0.15, 0.2) is 0 Å². The van der Waals surface area contributed by atoms with Crippen LogP contribution in [0.15, 0.2) is 90.2 Å². The number of nitrogens with zero attached hydrogens (tertiary/aromatic N) is 4. The van der Waals surface area contributed by atoms with Gasteiger partial charge in [0.1, 0.15) is 5.82 Å². The number of sulfonamides is 1. The van der Waals surface area contributed by atoms with Crippen LogP contribution in [0.4, 0.5) is 43.5 Å². The van der Waals surface area contributed by atoms with Crippen molar-refractivity contribution < 1.29 is 45.0 Å². The second-order valence-electron chi connectivity index (χ2n) is 13.1. The maximum Gasteiger partial charge on any atom is 0.428 e. The minimum Gasteiger partial charge on any atom is -0.386 e. The summed E-state index contributed by atoms with van der Waals surface area (Å²) in [7, 11) is -3.99. The summed E-state index contributed by atoms with van der Waals surface area (Å²) in [4.78, 5) is 8.94. The molecule has 278 valence electrons. The summed E-state index contributed by atoms with van der Waals surface area (Å²) in [6.07, 6.45) is -7.77. The van der Waals surface area contributed by atoms with Crippen LogP contribution in [0.25, 0.3) is 32.9 Å². The van der Waals surface area contributed by atoms with Gasteiger partial charge in [0.2, 0.25) is 0 Å². The second-order valence-corrected chi connectivity index (χ2v) is 14.8. The number of pyridine rings is 2. The summed E-state index contributed by atoms with van der Waals surface area (Å²) in [5.41, 5.74) is -2.64. The largest absolute Gasteiger partial charge is 0.428 e. The highest BCUT2D eigenvalue weighted by molar-refractivity contribution is 7.92. The zero-order chi connectivity index (χ0) is 38.7. The fourth-order valence-electron chi connectivity index (χ4n) is 6.00. The summed E-state index contributed by atoms with van der Waals surface area (Å²) in [5, 5.41) is 28.6. The number of alkyl halides is 6. The van der Waals surface area contributed by atoms with Crippen LogP contribution in [0.1, 0.15) is 30.5 Å². The molecule has 3 aromatic carbocycles. The molecule has 0 atom stereocenters. The molecule has 6 rings (SSSR count). The van der Waals surface area contributed by atoms with Crippen molar-refractivity contribution in [1.82, 2.24) is 19.7 Å². The lowest BCUT2D eigenvalue weighted by Crippen LogP contribution is -2.59. The van der Waals surface area contributed by atoms with Gasteiger partial charge in [0, 0.05) is 45.5 Å². The number of rotatable bonds is 9. The highest BCUT2D eigenvalue weighted by atomic mass is 32.2. The average Bonchev–Trinajstić information content (AvgIpc) is 3.47. The van der Waals surface area contributed by atoms with Gasteiger partial charge in [-0.25, -0.2) is 13.4 Å². The van der Waals surface area contributed by atoms with E-state index in [-0.39, 0.29) is 21.5 Å². The normalized spacial score (nSPS) is 13.1. The lowest BCUT2D eigenvalue weighted by Gasteiger charge is -2.32. The molecule has 0 fully saturated rings. The van der Waals surface area contributed by atoms with Gasteiger partial charge in [-0.05, 0) is 99.0 Å². The van der Waals surface area contributed by atoms with E-state index in [2.05, 4.69) is 25.1 Å². The number of nitrogens with one attached hydrogen (secondary N) is 2. The fraction of sp³-hybridized carbons (Fsp3) is 0.250. The second kappa shape index (κ2) is 13.0. The minimum absolute atomic E-state index is 0.0120. The van der Waals surface area contributed by atoms with Crippen LogP contribution in [0.2, 0.25) is 0 Å². The smallest absolute Gasteiger partial charge is 0.386 e. The number of halogens is 6. The van der Waals surface area contributed by atoms with Gasteiger partial charge < -0.3 is 15.5 Å². The van der Waals surface area contributed by atoms with E-state index in [0.717, 1.165) is 11.8 Å². The summed E-state index contributed by atoms with van der Waals surface area (Å²) in [5.74, 6) is 0.365. The molecular weight excluding hydrogens is 726 g/mol. The Labute approximate surface area is 299 Å². The van der Waals surface area contributed by atoms with Crippen LogP contribution < -0.4 is 10.0 Å². The maximum absolute atomic E-state index is 13.4. The number of aliphatic hydroxyl groups is 2. The summed E-state index contributed by atoms with van der Waals surface area (Å²) >= 11 is 0. The van der Waals surface area contributed by atoms with Gasteiger partial charge in [0.25, 0.3) is 15.6 Å². The molecule has 4 N–H and O–H groups in total. The Kier molecular flexibility index (Phi) is 9.19. The topological polar surface area (TPSA) is 142 Å². The standard InChI is InChI=1S/C36H32F6N6O4S/c1-20-5-6-24(15-29(20)33(3,4)49)47-53(51,52)25-9-7-23(8-10-25)46-31-16-27-22(17-44-31)13-14-43-32(27)26-11-12-30-28(21(26)2)18-45-48(30)19-34(50,35(37,38)39)36(40,41)42/h5-18,47,49-50H,19H2,1-4H3,(H,44,46). The Hall–Kier alpha value is -5.26. The molecule has 6 aromatic rings. The number of hydrogen-bond acceptors (Lipinski definition) is 8. The molecule has 17 heteroatoms. The van der Waals surface area contributed by atoms with E-state index in [1.165, 1.54) is 30.5 Å². The summed E-state index contributed by atoms with van der Waals surface area (Å²) < 4.78 is 110. The van der Waals surface area contributed by atoms with Gasteiger partial charge in [-0.3, -0.25) is 14.4 Å². The van der Waals surface area contributed by atoms with E-state index in [1.807, 2.05) is 6.92 Å². The van der Waals surface area contributed by atoms with Crippen molar-refractivity contribution >= 4 is 48.9 Å². The van der Waals surface area contributed by atoms with Gasteiger partial charge in [-0.2, -0.15) is 31.4 Å². The van der Waals surface area contributed by atoms with Gasteiger partial charge in [-0.15, -0.1) is 0 Å². The van der Waals surface area contributed by atoms with Crippen LogP contribution in [0.5, 0.6) is 0 Å². The summed E-state index contributed by atoms with van der Waals surface area (Å²) in [6, 6.07) is 17.0. The van der Waals surface area contributed by atoms with Crippen LogP contribution >= 0.6 is 0 Å². The maximum atomic E-state index is 13.4. The number of aromatic nitrogens is 4. The molecule has 0 aliphatic rings. The third kappa shape index (κ3) is 7.11. The molecule has 3 heterocycles. The van der Waals surface area contributed by atoms with Crippen molar-refractivity contribution in [1.29, 1.82) is 0 Å². The minimum atomic E-state index is -6.01. The van der Waals surface area contributed by atoms with Gasteiger partial charge >= 0.3 is 12.4 Å². The van der Waals surface area contributed by atoms with Crippen molar-refractivity contribution in [2.45, 2.75) is 62.7 Å². The van der Waals surface area contributed by atoms with Crippen LogP contribution in [0.3, 0.4) is 0 Å². The lowest BCUT2D eigenvalue weighted by atomic mass is 9.93. The molecular formula is C36H32F6N6O4S. The van der Waals surface area contributed by atoms with Crippen LogP contribution in [-0.4, -0.2) is 56.3 Å². The number of fused-ring (bicyclic) bond motifs is 2. The number of aryl methyl sites for hydroxylation is 2. The van der Waals surface area contributed by atoms with E-state index in [9.17, 15) is 45.0 Å². The van der Waals surface area contributed by atoms with E-state index >= 15 is 0 Å². The quantitative estimate of drug-likeness (QED) is 0.109. The molecule has 53 heavy (non-hydrogen) atoms. The first-order chi connectivity index (χ1) is 24.6. The molecule has 0 aliphatic heterocycles. The molecule has 0 bridgehead atoms. The third-order valence-electron chi connectivity index (χ3n) is 8.90. The first-order valence-corrected chi connectivity index (χ1v) is 17.4. The SMILES string of the molecule is Cc1ccc(NS(=O)(=O)c2ccc(Nc3cc4c(-c5ccc6c(cnn6CC(O)(C(F)(F)F)C(F)(F)F)c5C)nccc4cn3)cc2)cc1C(C)(C)O. The molecule has 0 unspecified atom stereocenters. The zero-order valence-corrected chi connectivity index (χ0v) is 29.3. The van der Waals surface area contributed by atoms with Crippen molar-refractivity contribution in [2.75, 3.05) is 10.0 Å². The Morgan fingerprint density at radius 2 is 1.45 bits per heavy atom. The van der Waals surface area contributed by atoms with E-state index in [1.54, 1.807) is 69.4 Å². The molecule has 10 nitrogen and oxygen atoms in total. The van der Waals surface area contributed by atoms with E-state index < -0.39 is 40.1 Å². The number of anilines is 3. The third-order valence-corrected chi connectivity index (χ3v) is 10.3. The Morgan fingerprint density at radius 3 is 2.09 bits per heavy atom. The Balaban J connectivity index is 1.27. The molecule has 0 spiro atoms. The van der Waals surface area contributed by atoms with E-state index in [0.29, 0.717) is 49.3 Å². The van der Waals surface area contributed by atoms with Crippen molar-refractivity contribution in [3.63, 3.8) is 0 Å². The predicted octanol–water partition coefficient (Wildman–Crippen LogP) is 7.89.